The van der Waals surface area contributed by atoms with Gasteiger partial charge in [0.2, 0.25) is 11.8 Å². The molecule has 3 N–H and O–H groups in total. The minimum Gasteiger partial charge on any atom is -0.327 e. The van der Waals surface area contributed by atoms with Crippen molar-refractivity contribution in [3.63, 3.8) is 0 Å². The van der Waals surface area contributed by atoms with Crippen LogP contribution in [0.3, 0.4) is 0 Å². The highest BCUT2D eigenvalue weighted by Crippen LogP contribution is 2.31. The number of nitrogens with two attached hydrogens (primary N) is 1. The number of imide groups is 2. The lowest BCUT2D eigenvalue weighted by Gasteiger charge is -2.36. The van der Waals surface area contributed by atoms with Crippen molar-refractivity contribution < 1.29 is 19.2 Å². The Kier molecular flexibility index (Phi) is 5.23. The van der Waals surface area contributed by atoms with Gasteiger partial charge < -0.3 is 5.73 Å². The van der Waals surface area contributed by atoms with E-state index in [4.69, 9.17) is 5.73 Å². The number of hydrogen-bond acceptors (Lipinski definition) is 6. The molecular weight excluding hydrogens is 372 g/mol. The number of carbonyl (C=O) groups excluding carboxylic acids is 4. The van der Waals surface area contributed by atoms with Crippen LogP contribution in [0.2, 0.25) is 0 Å². The van der Waals surface area contributed by atoms with E-state index >= 15 is 0 Å². The Hall–Kier alpha value is -2.58. The fourth-order valence-corrected chi connectivity index (χ4v) is 4.66. The van der Waals surface area contributed by atoms with Crippen LogP contribution in [0.25, 0.3) is 0 Å². The Morgan fingerprint density at radius 3 is 2.66 bits per heavy atom. The van der Waals surface area contributed by atoms with E-state index in [2.05, 4.69) is 17.1 Å². The average Bonchev–Trinajstić information content (AvgIpc) is 2.95. The first-order chi connectivity index (χ1) is 13.9. The van der Waals surface area contributed by atoms with Crippen molar-refractivity contribution in [3.05, 3.63) is 34.9 Å². The molecule has 1 aromatic rings. The average molecular weight is 398 g/mol. The quantitative estimate of drug-likeness (QED) is 0.720. The van der Waals surface area contributed by atoms with E-state index in [1.165, 1.54) is 0 Å². The lowest BCUT2D eigenvalue weighted by Crippen LogP contribution is -2.54. The maximum absolute atomic E-state index is 13.2. The van der Waals surface area contributed by atoms with Gasteiger partial charge in [-0.25, -0.2) is 0 Å². The molecule has 0 aromatic heterocycles. The molecule has 8 heteroatoms. The Labute approximate surface area is 169 Å². The monoisotopic (exact) mass is 398 g/mol. The van der Waals surface area contributed by atoms with Crippen molar-refractivity contribution >= 4 is 23.6 Å². The third-order valence-corrected chi connectivity index (χ3v) is 6.35. The maximum atomic E-state index is 13.2. The number of carbonyl (C=O) groups is 4. The van der Waals surface area contributed by atoms with Gasteiger partial charge in [-0.2, -0.15) is 0 Å². The molecular formula is C21H26N4O4. The Morgan fingerprint density at radius 1 is 1.14 bits per heavy atom. The molecule has 8 nitrogen and oxygen atoms in total. The van der Waals surface area contributed by atoms with Crippen molar-refractivity contribution in [1.82, 2.24) is 15.1 Å². The number of fused-ring (bicyclic) bond motifs is 1. The van der Waals surface area contributed by atoms with Gasteiger partial charge in [0, 0.05) is 25.6 Å². The number of amides is 4. The van der Waals surface area contributed by atoms with Gasteiger partial charge in [-0.05, 0) is 36.9 Å². The second-order valence-electron chi connectivity index (χ2n) is 8.14. The molecule has 3 atom stereocenters. The zero-order valence-corrected chi connectivity index (χ0v) is 16.5. The SMILES string of the molecule is CCC1CN(Cc2cccc3c2C(=O)N(C2CCC(=O)NC2=O)C3=O)CCC1N. The first kappa shape index (κ1) is 19.7. The molecule has 154 valence electrons. The molecule has 29 heavy (non-hydrogen) atoms. The van der Waals surface area contributed by atoms with Crippen molar-refractivity contribution in [3.8, 4) is 0 Å². The number of likely N-dealkylation sites (tertiary alicyclic amines) is 1. The zero-order valence-electron chi connectivity index (χ0n) is 16.5. The second kappa shape index (κ2) is 7.68. The van der Waals surface area contributed by atoms with Crippen molar-refractivity contribution in [2.45, 2.75) is 51.2 Å². The molecule has 3 unspecified atom stereocenters. The number of nitrogens with one attached hydrogen (secondary N) is 1. The van der Waals surface area contributed by atoms with Gasteiger partial charge in [-0.15, -0.1) is 0 Å². The molecule has 0 radical (unpaired) electrons. The highest BCUT2D eigenvalue weighted by molar-refractivity contribution is 6.24. The van der Waals surface area contributed by atoms with Crippen LogP contribution < -0.4 is 11.1 Å². The van der Waals surface area contributed by atoms with Crippen LogP contribution in [0.15, 0.2) is 18.2 Å². The van der Waals surface area contributed by atoms with E-state index in [0.717, 1.165) is 36.4 Å². The number of piperidine rings is 2. The van der Waals surface area contributed by atoms with Crippen LogP contribution in [0.4, 0.5) is 0 Å². The van der Waals surface area contributed by atoms with Crippen LogP contribution >= 0.6 is 0 Å². The number of rotatable bonds is 4. The topological polar surface area (TPSA) is 113 Å². The molecule has 1 aromatic carbocycles. The summed E-state index contributed by atoms with van der Waals surface area (Å²) in [6.45, 7) is 4.41. The molecule has 3 aliphatic heterocycles. The van der Waals surface area contributed by atoms with Gasteiger partial charge in [0.1, 0.15) is 6.04 Å². The second-order valence-corrected chi connectivity index (χ2v) is 8.14. The Bertz CT molecular complexity index is 883. The van der Waals surface area contributed by atoms with Gasteiger partial charge in [-0.1, -0.05) is 25.5 Å². The third kappa shape index (κ3) is 3.47. The van der Waals surface area contributed by atoms with E-state index in [1.54, 1.807) is 12.1 Å². The fraction of sp³-hybridized carbons (Fsp3) is 0.524. The van der Waals surface area contributed by atoms with Gasteiger partial charge in [0.05, 0.1) is 11.1 Å². The standard InChI is InChI=1S/C21H26N4O4/c1-2-12-10-24(9-8-15(12)22)11-13-4-3-5-14-18(13)21(29)25(20(14)28)16-6-7-17(26)23-19(16)27/h3-5,12,15-16H,2,6-11,22H2,1H3,(H,23,26,27). The number of benzene rings is 1. The normalized spacial score (nSPS) is 27.9. The molecule has 0 spiro atoms. The summed E-state index contributed by atoms with van der Waals surface area (Å²) in [6, 6.07) is 4.54. The van der Waals surface area contributed by atoms with Gasteiger partial charge >= 0.3 is 0 Å². The van der Waals surface area contributed by atoms with E-state index in [-0.39, 0.29) is 24.8 Å². The molecule has 3 heterocycles. The number of hydrogen-bond donors (Lipinski definition) is 2. The Morgan fingerprint density at radius 2 is 1.93 bits per heavy atom. The lowest BCUT2D eigenvalue weighted by molar-refractivity contribution is -0.136. The minimum atomic E-state index is -0.939. The summed E-state index contributed by atoms with van der Waals surface area (Å²) in [5.41, 5.74) is 7.71. The summed E-state index contributed by atoms with van der Waals surface area (Å²) in [5, 5.41) is 2.23. The molecule has 2 fully saturated rings. The minimum absolute atomic E-state index is 0.114. The Balaban J connectivity index is 1.58. The predicted octanol–water partition coefficient (Wildman–Crippen LogP) is 0.647. The van der Waals surface area contributed by atoms with E-state index in [1.807, 2.05) is 6.07 Å². The van der Waals surface area contributed by atoms with Crippen molar-refractivity contribution in [2.75, 3.05) is 13.1 Å². The molecule has 2 saturated heterocycles. The van der Waals surface area contributed by atoms with Gasteiger partial charge in [0.25, 0.3) is 11.8 Å². The van der Waals surface area contributed by atoms with Crippen LogP contribution in [-0.4, -0.2) is 58.6 Å². The van der Waals surface area contributed by atoms with Crippen LogP contribution in [0.5, 0.6) is 0 Å². The van der Waals surface area contributed by atoms with E-state index < -0.39 is 23.8 Å². The van der Waals surface area contributed by atoms with E-state index in [0.29, 0.717) is 23.6 Å². The highest BCUT2D eigenvalue weighted by Gasteiger charge is 2.45. The molecule has 4 amide bonds. The third-order valence-electron chi connectivity index (χ3n) is 6.35. The summed E-state index contributed by atoms with van der Waals surface area (Å²) in [7, 11) is 0. The largest absolute Gasteiger partial charge is 0.327 e. The summed E-state index contributed by atoms with van der Waals surface area (Å²) in [4.78, 5) is 53.1. The van der Waals surface area contributed by atoms with Gasteiger partial charge in [-0.3, -0.25) is 34.3 Å². The number of nitrogens with zero attached hydrogens (tertiary/aromatic N) is 2. The summed E-state index contributed by atoms with van der Waals surface area (Å²) >= 11 is 0. The van der Waals surface area contributed by atoms with Crippen LogP contribution in [0, 0.1) is 5.92 Å². The summed E-state index contributed by atoms with van der Waals surface area (Å²) in [5.74, 6) is -1.47. The van der Waals surface area contributed by atoms with Gasteiger partial charge in [0.15, 0.2) is 0 Å². The molecule has 0 bridgehead atoms. The highest BCUT2D eigenvalue weighted by atomic mass is 16.2. The molecule has 3 aliphatic rings. The molecule has 0 aliphatic carbocycles. The first-order valence-electron chi connectivity index (χ1n) is 10.2. The fourth-order valence-electron chi connectivity index (χ4n) is 4.66. The smallest absolute Gasteiger partial charge is 0.262 e. The predicted molar refractivity (Wildman–Crippen MR) is 105 cm³/mol. The molecule has 0 saturated carbocycles. The van der Waals surface area contributed by atoms with E-state index in [9.17, 15) is 19.2 Å². The van der Waals surface area contributed by atoms with Crippen LogP contribution in [0.1, 0.15) is 58.9 Å². The first-order valence-corrected chi connectivity index (χ1v) is 10.2. The van der Waals surface area contributed by atoms with Crippen molar-refractivity contribution in [2.24, 2.45) is 11.7 Å². The maximum Gasteiger partial charge on any atom is 0.262 e. The van der Waals surface area contributed by atoms with Crippen LogP contribution in [-0.2, 0) is 16.1 Å². The van der Waals surface area contributed by atoms with Crippen molar-refractivity contribution in [1.29, 1.82) is 0 Å². The zero-order chi connectivity index (χ0) is 20.7. The summed E-state index contributed by atoms with van der Waals surface area (Å²) < 4.78 is 0. The molecule has 4 rings (SSSR count). The summed E-state index contributed by atoms with van der Waals surface area (Å²) in [6.07, 6.45) is 2.19. The lowest BCUT2D eigenvalue weighted by atomic mass is 9.90.